The minimum atomic E-state index is -0.677. The van der Waals surface area contributed by atoms with Crippen molar-refractivity contribution in [3.63, 3.8) is 0 Å². The predicted molar refractivity (Wildman–Crippen MR) is 48.6 cm³/mol. The van der Waals surface area contributed by atoms with Crippen LogP contribution in [0.15, 0.2) is 12.3 Å². The standard InChI is InChI=1S/C10H13NO2/c12-10(13)6-7-1-2-9-8(5-7)3-4-11-9/h3-4,7,11H,1-2,5-6H2,(H,12,13). The molecule has 0 amide bonds. The van der Waals surface area contributed by atoms with Gasteiger partial charge in [0.2, 0.25) is 0 Å². The van der Waals surface area contributed by atoms with Gasteiger partial charge in [0.25, 0.3) is 0 Å². The van der Waals surface area contributed by atoms with Crippen LogP contribution in [0.25, 0.3) is 0 Å². The number of H-pyrrole nitrogens is 1. The zero-order valence-corrected chi connectivity index (χ0v) is 7.42. The van der Waals surface area contributed by atoms with Crippen LogP contribution in [0.3, 0.4) is 0 Å². The smallest absolute Gasteiger partial charge is 0.303 e. The van der Waals surface area contributed by atoms with Gasteiger partial charge in [-0.15, -0.1) is 0 Å². The molecule has 0 aliphatic heterocycles. The van der Waals surface area contributed by atoms with Gasteiger partial charge in [-0.1, -0.05) is 0 Å². The zero-order chi connectivity index (χ0) is 9.26. The van der Waals surface area contributed by atoms with E-state index in [0.29, 0.717) is 12.3 Å². The number of aromatic nitrogens is 1. The van der Waals surface area contributed by atoms with E-state index in [2.05, 4.69) is 11.1 Å². The van der Waals surface area contributed by atoms with Gasteiger partial charge in [0.1, 0.15) is 0 Å². The molecule has 0 radical (unpaired) electrons. The molecule has 0 saturated carbocycles. The Kier molecular flexibility index (Phi) is 2.08. The second-order valence-corrected chi connectivity index (χ2v) is 3.69. The Balaban J connectivity index is 2.04. The number of nitrogens with one attached hydrogen (secondary N) is 1. The summed E-state index contributed by atoms with van der Waals surface area (Å²) in [6.45, 7) is 0. The van der Waals surface area contributed by atoms with Crippen LogP contribution in [0.2, 0.25) is 0 Å². The van der Waals surface area contributed by atoms with Crippen LogP contribution in [-0.2, 0) is 17.6 Å². The van der Waals surface area contributed by atoms with Crippen molar-refractivity contribution in [1.29, 1.82) is 0 Å². The van der Waals surface area contributed by atoms with E-state index in [4.69, 9.17) is 5.11 Å². The third-order valence-electron chi connectivity index (χ3n) is 2.70. The molecule has 0 spiro atoms. The van der Waals surface area contributed by atoms with Crippen LogP contribution in [0, 0.1) is 5.92 Å². The highest BCUT2D eigenvalue weighted by molar-refractivity contribution is 5.67. The Morgan fingerprint density at radius 3 is 3.31 bits per heavy atom. The van der Waals surface area contributed by atoms with E-state index in [9.17, 15) is 4.79 Å². The minimum absolute atomic E-state index is 0.310. The van der Waals surface area contributed by atoms with Crippen LogP contribution in [0.1, 0.15) is 24.1 Å². The number of rotatable bonds is 2. The highest BCUT2D eigenvalue weighted by atomic mass is 16.4. The van der Waals surface area contributed by atoms with E-state index in [1.165, 1.54) is 11.3 Å². The molecule has 0 saturated heterocycles. The van der Waals surface area contributed by atoms with Crippen molar-refractivity contribution in [2.75, 3.05) is 0 Å². The van der Waals surface area contributed by atoms with E-state index in [-0.39, 0.29) is 0 Å². The maximum Gasteiger partial charge on any atom is 0.303 e. The van der Waals surface area contributed by atoms with E-state index in [1.54, 1.807) is 0 Å². The van der Waals surface area contributed by atoms with Crippen molar-refractivity contribution >= 4 is 5.97 Å². The van der Waals surface area contributed by atoms with Gasteiger partial charge in [0, 0.05) is 18.3 Å². The van der Waals surface area contributed by atoms with Gasteiger partial charge in [0.15, 0.2) is 0 Å². The van der Waals surface area contributed by atoms with Gasteiger partial charge in [0.05, 0.1) is 0 Å². The van der Waals surface area contributed by atoms with Gasteiger partial charge < -0.3 is 10.1 Å². The van der Waals surface area contributed by atoms with E-state index < -0.39 is 5.97 Å². The van der Waals surface area contributed by atoms with Crippen molar-refractivity contribution in [3.05, 3.63) is 23.5 Å². The molecular formula is C10H13NO2. The molecule has 3 heteroatoms. The minimum Gasteiger partial charge on any atom is -0.481 e. The molecule has 0 aromatic carbocycles. The lowest BCUT2D eigenvalue weighted by Gasteiger charge is -2.20. The quantitative estimate of drug-likeness (QED) is 0.724. The van der Waals surface area contributed by atoms with Crippen molar-refractivity contribution in [2.24, 2.45) is 5.92 Å². The van der Waals surface area contributed by atoms with Crippen LogP contribution in [0.5, 0.6) is 0 Å². The van der Waals surface area contributed by atoms with Gasteiger partial charge in [-0.2, -0.15) is 0 Å². The number of carboxylic acids is 1. The average molecular weight is 179 g/mol. The topological polar surface area (TPSA) is 53.1 Å². The van der Waals surface area contributed by atoms with Gasteiger partial charge >= 0.3 is 5.97 Å². The predicted octanol–water partition coefficient (Wildman–Crippen LogP) is 1.59. The van der Waals surface area contributed by atoms with Crippen LogP contribution in [-0.4, -0.2) is 16.1 Å². The molecule has 13 heavy (non-hydrogen) atoms. The monoisotopic (exact) mass is 179 g/mol. The Bertz CT molecular complexity index is 316. The van der Waals surface area contributed by atoms with E-state index in [0.717, 1.165) is 19.3 Å². The summed E-state index contributed by atoms with van der Waals surface area (Å²) < 4.78 is 0. The average Bonchev–Trinajstić information content (AvgIpc) is 2.49. The first kappa shape index (κ1) is 8.35. The largest absolute Gasteiger partial charge is 0.481 e. The molecule has 1 aliphatic carbocycles. The summed E-state index contributed by atoms with van der Waals surface area (Å²) in [5.74, 6) is -0.343. The Morgan fingerprint density at radius 1 is 1.69 bits per heavy atom. The SMILES string of the molecule is O=C(O)CC1CCc2[nH]ccc2C1. The Hall–Kier alpha value is -1.25. The lowest BCUT2D eigenvalue weighted by molar-refractivity contribution is -0.138. The van der Waals surface area contributed by atoms with Gasteiger partial charge in [-0.25, -0.2) is 0 Å². The molecule has 2 rings (SSSR count). The number of aliphatic carboxylic acids is 1. The Morgan fingerprint density at radius 2 is 2.54 bits per heavy atom. The molecule has 1 aromatic heterocycles. The first-order valence-electron chi connectivity index (χ1n) is 4.62. The maximum absolute atomic E-state index is 10.5. The van der Waals surface area contributed by atoms with Crippen LogP contribution >= 0.6 is 0 Å². The lowest BCUT2D eigenvalue weighted by Crippen LogP contribution is -2.16. The molecule has 1 aromatic rings. The molecule has 70 valence electrons. The normalized spacial score (nSPS) is 21.1. The number of carboxylic acid groups (broad SMARTS) is 1. The highest BCUT2D eigenvalue weighted by Crippen LogP contribution is 2.26. The number of fused-ring (bicyclic) bond motifs is 1. The number of aromatic amines is 1. The summed E-state index contributed by atoms with van der Waals surface area (Å²) in [7, 11) is 0. The summed E-state index contributed by atoms with van der Waals surface area (Å²) in [6.07, 6.45) is 5.17. The van der Waals surface area contributed by atoms with Crippen molar-refractivity contribution < 1.29 is 9.90 Å². The summed E-state index contributed by atoms with van der Waals surface area (Å²) in [6, 6.07) is 2.06. The number of hydrogen-bond donors (Lipinski definition) is 2. The number of carbonyl (C=O) groups is 1. The van der Waals surface area contributed by atoms with Crippen molar-refractivity contribution in [1.82, 2.24) is 4.98 Å². The molecule has 1 heterocycles. The summed E-state index contributed by atoms with van der Waals surface area (Å²) in [5.41, 5.74) is 2.60. The highest BCUT2D eigenvalue weighted by Gasteiger charge is 2.20. The number of aryl methyl sites for hydroxylation is 1. The third-order valence-corrected chi connectivity index (χ3v) is 2.70. The summed E-state index contributed by atoms with van der Waals surface area (Å²) >= 11 is 0. The van der Waals surface area contributed by atoms with Crippen molar-refractivity contribution in [2.45, 2.75) is 25.7 Å². The van der Waals surface area contributed by atoms with Gasteiger partial charge in [-0.3, -0.25) is 4.79 Å². The molecule has 0 bridgehead atoms. The fourth-order valence-electron chi connectivity index (χ4n) is 2.04. The molecule has 1 aliphatic rings. The van der Waals surface area contributed by atoms with E-state index >= 15 is 0 Å². The fraction of sp³-hybridized carbons (Fsp3) is 0.500. The summed E-state index contributed by atoms with van der Waals surface area (Å²) in [4.78, 5) is 13.7. The second-order valence-electron chi connectivity index (χ2n) is 3.69. The van der Waals surface area contributed by atoms with Gasteiger partial charge in [-0.05, 0) is 36.8 Å². The Labute approximate surface area is 76.8 Å². The van der Waals surface area contributed by atoms with Crippen LogP contribution < -0.4 is 0 Å². The first-order valence-corrected chi connectivity index (χ1v) is 4.62. The molecular weight excluding hydrogens is 166 g/mol. The molecule has 2 N–H and O–H groups in total. The van der Waals surface area contributed by atoms with E-state index in [1.807, 2.05) is 6.20 Å². The molecule has 3 nitrogen and oxygen atoms in total. The third kappa shape index (κ3) is 1.74. The maximum atomic E-state index is 10.5. The molecule has 0 fully saturated rings. The van der Waals surface area contributed by atoms with Crippen LogP contribution in [0.4, 0.5) is 0 Å². The fourth-order valence-corrected chi connectivity index (χ4v) is 2.04. The lowest BCUT2D eigenvalue weighted by atomic mass is 9.86. The summed E-state index contributed by atoms with van der Waals surface area (Å²) in [5, 5.41) is 8.66. The zero-order valence-electron chi connectivity index (χ0n) is 7.42. The molecule has 1 unspecified atom stereocenters. The first-order chi connectivity index (χ1) is 6.25. The second kappa shape index (κ2) is 3.24. The number of hydrogen-bond acceptors (Lipinski definition) is 1. The van der Waals surface area contributed by atoms with Crippen molar-refractivity contribution in [3.8, 4) is 0 Å². The molecule has 1 atom stereocenters.